The number of hydrogen-bond acceptors (Lipinski definition) is 1. The Morgan fingerprint density at radius 3 is 2.00 bits per heavy atom. The van der Waals surface area contributed by atoms with Crippen LogP contribution < -0.4 is 8.48 Å². The summed E-state index contributed by atoms with van der Waals surface area (Å²) in [5.41, 5.74) is 1.28. The molecule has 10 heavy (non-hydrogen) atoms. The summed E-state index contributed by atoms with van der Waals surface area (Å²) in [6, 6.07) is 8.66. The van der Waals surface area contributed by atoms with Crippen molar-refractivity contribution < 1.29 is 0 Å². The van der Waals surface area contributed by atoms with Crippen LogP contribution in [-0.2, 0) is 0 Å². The zero-order valence-electron chi connectivity index (χ0n) is 6.33. The van der Waals surface area contributed by atoms with Crippen LogP contribution in [0.5, 0.6) is 0 Å². The zero-order valence-corrected chi connectivity index (χ0v) is 9.63. The molecule has 0 fully saturated rings. The molecular formula is C8H11NSn. The zero-order chi connectivity index (χ0) is 7.56. The molecule has 0 saturated heterocycles. The van der Waals surface area contributed by atoms with Crippen molar-refractivity contribution in [1.29, 1.82) is 0 Å². The minimum absolute atomic E-state index is 1.21. The van der Waals surface area contributed by atoms with E-state index in [0.29, 0.717) is 0 Å². The first kappa shape index (κ1) is 7.92. The fraction of sp³-hybridized carbons (Fsp3) is 0.250. The molecule has 1 nitrogen and oxygen atoms in total. The summed E-state index contributed by atoms with van der Waals surface area (Å²) in [5, 5.41) is 0. The molecule has 0 spiro atoms. The Bertz CT molecular complexity index is 203. The van der Waals surface area contributed by atoms with Crippen LogP contribution in [0, 0.1) is 0 Å². The van der Waals surface area contributed by atoms with E-state index in [9.17, 15) is 0 Å². The van der Waals surface area contributed by atoms with Crippen LogP contribution in [0.15, 0.2) is 24.3 Å². The van der Waals surface area contributed by atoms with Gasteiger partial charge in [-0.15, -0.1) is 0 Å². The first-order valence-electron chi connectivity index (χ1n) is 3.23. The van der Waals surface area contributed by atoms with Gasteiger partial charge in [-0.05, 0) is 0 Å². The number of rotatable bonds is 1. The summed E-state index contributed by atoms with van der Waals surface area (Å²) in [5.74, 6) is 0. The summed E-state index contributed by atoms with van der Waals surface area (Å²) in [6.45, 7) is 0. The third-order valence-electron chi connectivity index (χ3n) is 1.41. The summed E-state index contributed by atoms with van der Waals surface area (Å²) in [4.78, 5) is 2.11. The monoisotopic (exact) mass is 241 g/mol. The van der Waals surface area contributed by atoms with Crippen LogP contribution in [0.1, 0.15) is 0 Å². The molecule has 0 amide bonds. The first-order valence-corrected chi connectivity index (χ1v) is 4.88. The molecule has 52 valence electrons. The van der Waals surface area contributed by atoms with E-state index >= 15 is 0 Å². The molecule has 0 aliphatic rings. The third-order valence-corrected chi connectivity index (χ3v) is 2.51. The Morgan fingerprint density at radius 1 is 1.10 bits per heavy atom. The molecule has 0 saturated carbocycles. The van der Waals surface area contributed by atoms with Crippen LogP contribution >= 0.6 is 0 Å². The Labute approximate surface area is 75.1 Å². The maximum atomic E-state index is 2.18. The molecule has 1 aromatic rings. The van der Waals surface area contributed by atoms with Crippen molar-refractivity contribution in [1.82, 2.24) is 0 Å². The second-order valence-corrected chi connectivity index (χ2v) is 4.39. The van der Waals surface area contributed by atoms with Crippen molar-refractivity contribution in [2.24, 2.45) is 0 Å². The molecule has 0 aliphatic heterocycles. The Kier molecular flexibility index (Phi) is 2.60. The molecule has 0 N–H and O–H groups in total. The molecule has 0 aliphatic carbocycles. The van der Waals surface area contributed by atoms with Crippen molar-refractivity contribution in [3.63, 3.8) is 0 Å². The van der Waals surface area contributed by atoms with Gasteiger partial charge in [-0.3, -0.25) is 0 Å². The van der Waals surface area contributed by atoms with Crippen molar-refractivity contribution in [2.45, 2.75) is 0 Å². The van der Waals surface area contributed by atoms with Gasteiger partial charge >= 0.3 is 75.1 Å². The van der Waals surface area contributed by atoms with Gasteiger partial charge in [0, 0.05) is 0 Å². The van der Waals surface area contributed by atoms with E-state index in [2.05, 4.69) is 43.3 Å². The van der Waals surface area contributed by atoms with E-state index in [0.717, 1.165) is 0 Å². The predicted octanol–water partition coefficient (Wildman–Crippen LogP) is 0.279. The van der Waals surface area contributed by atoms with Gasteiger partial charge in [0.1, 0.15) is 0 Å². The summed E-state index contributed by atoms with van der Waals surface area (Å²) in [7, 11) is 4.11. The number of anilines is 1. The van der Waals surface area contributed by atoms with E-state index in [-0.39, 0.29) is 0 Å². The minimum atomic E-state index is 1.21. The fourth-order valence-corrected chi connectivity index (χ4v) is 1.32. The Balaban J connectivity index is 2.89. The van der Waals surface area contributed by atoms with E-state index in [1.165, 1.54) is 31.8 Å². The molecule has 0 unspecified atom stereocenters. The summed E-state index contributed by atoms with van der Waals surface area (Å²) >= 11 is 1.21. The molecule has 2 heteroatoms. The molecule has 1 aromatic carbocycles. The van der Waals surface area contributed by atoms with Crippen LogP contribution in [-0.4, -0.2) is 36.6 Å². The number of benzene rings is 1. The topological polar surface area (TPSA) is 3.24 Å². The van der Waals surface area contributed by atoms with Crippen molar-refractivity contribution in [3.05, 3.63) is 24.3 Å². The summed E-state index contributed by atoms with van der Waals surface area (Å²) in [6.07, 6.45) is 0. The van der Waals surface area contributed by atoms with Gasteiger partial charge in [-0.25, -0.2) is 0 Å². The van der Waals surface area contributed by atoms with Gasteiger partial charge < -0.3 is 0 Å². The van der Waals surface area contributed by atoms with Crippen molar-refractivity contribution in [3.8, 4) is 0 Å². The summed E-state index contributed by atoms with van der Waals surface area (Å²) < 4.78 is 1.44. The van der Waals surface area contributed by atoms with E-state index < -0.39 is 0 Å². The van der Waals surface area contributed by atoms with Gasteiger partial charge in [0.05, 0.1) is 0 Å². The average Bonchev–Trinajstić information content (AvgIpc) is 1.88. The molecule has 1 rings (SSSR count). The fourth-order valence-electron chi connectivity index (χ4n) is 0.772. The SMILES string of the molecule is CN(C)c1cc[c]([SnH])cc1. The van der Waals surface area contributed by atoms with Crippen molar-refractivity contribution >= 4 is 31.8 Å². The number of hydrogen-bond donors (Lipinski definition) is 0. The Morgan fingerprint density at radius 2 is 1.60 bits per heavy atom. The molecular weight excluding hydrogens is 229 g/mol. The normalized spacial score (nSPS) is 9.50. The van der Waals surface area contributed by atoms with E-state index in [4.69, 9.17) is 0 Å². The molecule has 0 heterocycles. The maximum absolute atomic E-state index is 2.18. The van der Waals surface area contributed by atoms with Gasteiger partial charge in [-0.2, -0.15) is 0 Å². The van der Waals surface area contributed by atoms with Gasteiger partial charge in [0.25, 0.3) is 0 Å². The second kappa shape index (κ2) is 3.28. The van der Waals surface area contributed by atoms with Gasteiger partial charge in [-0.1, -0.05) is 0 Å². The third kappa shape index (κ3) is 1.90. The molecule has 0 aromatic heterocycles. The quantitative estimate of drug-likeness (QED) is 0.637. The van der Waals surface area contributed by atoms with Gasteiger partial charge in [0.2, 0.25) is 0 Å². The van der Waals surface area contributed by atoms with E-state index in [1.807, 2.05) is 0 Å². The van der Waals surface area contributed by atoms with Crippen molar-refractivity contribution in [2.75, 3.05) is 19.0 Å². The Hall–Kier alpha value is -0.181. The molecule has 0 bridgehead atoms. The van der Waals surface area contributed by atoms with Gasteiger partial charge in [0.15, 0.2) is 0 Å². The number of nitrogens with zero attached hydrogens (tertiary/aromatic N) is 1. The first-order chi connectivity index (χ1) is 4.70. The second-order valence-electron chi connectivity index (χ2n) is 2.49. The van der Waals surface area contributed by atoms with Crippen LogP contribution in [0.2, 0.25) is 0 Å². The predicted molar refractivity (Wildman–Crippen MR) is 47.6 cm³/mol. The average molecular weight is 240 g/mol. The van der Waals surface area contributed by atoms with Crippen LogP contribution in [0.4, 0.5) is 5.69 Å². The van der Waals surface area contributed by atoms with Crippen LogP contribution in [0.25, 0.3) is 0 Å². The molecule has 2 radical (unpaired) electrons. The molecule has 0 atom stereocenters. The van der Waals surface area contributed by atoms with Crippen LogP contribution in [0.3, 0.4) is 0 Å². The van der Waals surface area contributed by atoms with E-state index in [1.54, 1.807) is 0 Å². The standard InChI is InChI=1S/C8H10N.Sn.H/c1-9(2)8-6-4-3-5-7-8;;/h4-7H,1-2H3;;.